The molecule has 2 heterocycles. The molecule has 0 saturated carbocycles. The number of fused-ring (bicyclic) bond motifs is 2. The average Bonchev–Trinajstić information content (AvgIpc) is 2.82. The van der Waals surface area contributed by atoms with E-state index in [0.717, 1.165) is 24.5 Å². The van der Waals surface area contributed by atoms with Crippen molar-refractivity contribution in [2.75, 3.05) is 13.3 Å². The van der Waals surface area contributed by atoms with Crippen LogP contribution in [0.5, 0.6) is 11.5 Å². The van der Waals surface area contributed by atoms with Crippen LogP contribution in [0.2, 0.25) is 0 Å². The van der Waals surface area contributed by atoms with Crippen LogP contribution in [0.1, 0.15) is 51.3 Å². The number of rotatable bonds is 1. The Balaban J connectivity index is 1.85. The van der Waals surface area contributed by atoms with Crippen LogP contribution in [-0.2, 0) is 11.2 Å². The molecule has 114 valence electrons. The predicted molar refractivity (Wildman–Crippen MR) is 80.5 cm³/mol. The van der Waals surface area contributed by atoms with Crippen LogP contribution in [-0.4, -0.2) is 24.1 Å². The van der Waals surface area contributed by atoms with Crippen molar-refractivity contribution in [1.29, 1.82) is 0 Å². The Morgan fingerprint density at radius 2 is 1.95 bits per heavy atom. The van der Waals surface area contributed by atoms with E-state index in [0.29, 0.717) is 13.2 Å². The standard InChI is InChI=1S/C17H23NO3/c1-11-13-8-15-14(20-10-21-15)7-12(13)5-6-18(11)16(19)9-17(2,3)4/h7-8,11H,5-6,9-10H2,1-4H3. The predicted octanol–water partition coefficient (Wildman–Crippen LogP) is 3.30. The number of carbonyl (C=O) groups excluding carboxylic acids is 1. The quantitative estimate of drug-likeness (QED) is 0.796. The molecule has 1 atom stereocenters. The van der Waals surface area contributed by atoms with Crippen LogP contribution in [0, 0.1) is 5.41 Å². The SMILES string of the molecule is CC1c2cc3c(cc2CCN1C(=O)CC(C)(C)C)OCO3. The first-order valence-corrected chi connectivity index (χ1v) is 7.57. The minimum absolute atomic E-state index is 0.0198. The number of hydrogen-bond acceptors (Lipinski definition) is 3. The fourth-order valence-corrected chi connectivity index (χ4v) is 3.10. The normalized spacial score (nSPS) is 20.4. The third-order valence-corrected chi connectivity index (χ3v) is 4.18. The van der Waals surface area contributed by atoms with Gasteiger partial charge in [-0.15, -0.1) is 0 Å². The summed E-state index contributed by atoms with van der Waals surface area (Å²) in [5, 5.41) is 0. The van der Waals surface area contributed by atoms with Crippen molar-refractivity contribution in [2.45, 2.75) is 46.6 Å². The summed E-state index contributed by atoms with van der Waals surface area (Å²) in [7, 11) is 0. The highest BCUT2D eigenvalue weighted by atomic mass is 16.7. The molecule has 2 aliphatic heterocycles. The zero-order chi connectivity index (χ0) is 15.2. The van der Waals surface area contributed by atoms with Crippen LogP contribution >= 0.6 is 0 Å². The molecule has 0 fully saturated rings. The van der Waals surface area contributed by atoms with Gasteiger partial charge in [-0.1, -0.05) is 20.8 Å². The maximum atomic E-state index is 12.5. The third kappa shape index (κ3) is 2.71. The highest BCUT2D eigenvalue weighted by Gasteiger charge is 2.31. The Bertz CT molecular complexity index is 574. The Morgan fingerprint density at radius 3 is 2.62 bits per heavy atom. The second-order valence-electron chi connectivity index (χ2n) is 7.15. The molecule has 0 bridgehead atoms. The van der Waals surface area contributed by atoms with Gasteiger partial charge < -0.3 is 14.4 Å². The summed E-state index contributed by atoms with van der Waals surface area (Å²) < 4.78 is 10.9. The summed E-state index contributed by atoms with van der Waals surface area (Å²) in [4.78, 5) is 14.5. The lowest BCUT2D eigenvalue weighted by atomic mass is 9.89. The molecule has 0 radical (unpaired) electrons. The summed E-state index contributed by atoms with van der Waals surface area (Å²) in [6, 6.07) is 4.21. The van der Waals surface area contributed by atoms with Crippen molar-refractivity contribution in [1.82, 2.24) is 4.90 Å². The fourth-order valence-electron chi connectivity index (χ4n) is 3.10. The summed E-state index contributed by atoms with van der Waals surface area (Å²) in [6.45, 7) is 9.48. The van der Waals surface area contributed by atoms with E-state index in [2.05, 4.69) is 33.8 Å². The van der Waals surface area contributed by atoms with Crippen molar-refractivity contribution in [3.05, 3.63) is 23.3 Å². The highest BCUT2D eigenvalue weighted by molar-refractivity contribution is 5.78. The minimum Gasteiger partial charge on any atom is -0.454 e. The number of benzene rings is 1. The first-order valence-electron chi connectivity index (χ1n) is 7.57. The molecule has 4 nitrogen and oxygen atoms in total. The van der Waals surface area contributed by atoms with E-state index in [4.69, 9.17) is 9.47 Å². The Kier molecular flexibility index (Phi) is 3.34. The number of amides is 1. The Hall–Kier alpha value is -1.71. The Morgan fingerprint density at radius 1 is 1.29 bits per heavy atom. The van der Waals surface area contributed by atoms with Crippen molar-refractivity contribution in [2.24, 2.45) is 5.41 Å². The molecule has 1 aromatic carbocycles. The van der Waals surface area contributed by atoms with E-state index in [1.54, 1.807) is 0 Å². The number of carbonyl (C=O) groups is 1. The number of hydrogen-bond donors (Lipinski definition) is 0. The first-order chi connectivity index (χ1) is 9.85. The van der Waals surface area contributed by atoms with E-state index in [1.807, 2.05) is 11.0 Å². The van der Waals surface area contributed by atoms with Gasteiger partial charge in [0.25, 0.3) is 0 Å². The number of nitrogens with zero attached hydrogens (tertiary/aromatic N) is 1. The highest BCUT2D eigenvalue weighted by Crippen LogP contribution is 2.40. The van der Waals surface area contributed by atoms with Gasteiger partial charge in [-0.25, -0.2) is 0 Å². The molecule has 0 N–H and O–H groups in total. The fraction of sp³-hybridized carbons (Fsp3) is 0.588. The van der Waals surface area contributed by atoms with E-state index in [9.17, 15) is 4.79 Å². The molecule has 4 heteroatoms. The molecule has 0 saturated heterocycles. The van der Waals surface area contributed by atoms with Crippen LogP contribution in [0.3, 0.4) is 0 Å². The monoisotopic (exact) mass is 289 g/mol. The van der Waals surface area contributed by atoms with Crippen molar-refractivity contribution >= 4 is 5.91 Å². The van der Waals surface area contributed by atoms with Crippen molar-refractivity contribution in [3.63, 3.8) is 0 Å². The molecule has 0 aliphatic carbocycles. The third-order valence-electron chi connectivity index (χ3n) is 4.18. The zero-order valence-corrected chi connectivity index (χ0v) is 13.2. The van der Waals surface area contributed by atoms with E-state index in [1.165, 1.54) is 11.1 Å². The van der Waals surface area contributed by atoms with Crippen LogP contribution in [0.15, 0.2) is 12.1 Å². The molecule has 1 aromatic rings. The van der Waals surface area contributed by atoms with Gasteiger partial charge in [-0.05, 0) is 42.0 Å². The van der Waals surface area contributed by atoms with Gasteiger partial charge in [0, 0.05) is 13.0 Å². The van der Waals surface area contributed by atoms with Gasteiger partial charge in [-0.2, -0.15) is 0 Å². The van der Waals surface area contributed by atoms with Crippen LogP contribution < -0.4 is 9.47 Å². The van der Waals surface area contributed by atoms with Gasteiger partial charge in [-0.3, -0.25) is 4.79 Å². The summed E-state index contributed by atoms with van der Waals surface area (Å²) >= 11 is 0. The summed E-state index contributed by atoms with van der Waals surface area (Å²) in [5.74, 6) is 1.86. The van der Waals surface area contributed by atoms with E-state index in [-0.39, 0.29) is 17.4 Å². The topological polar surface area (TPSA) is 38.8 Å². The maximum absolute atomic E-state index is 12.5. The lowest BCUT2D eigenvalue weighted by Gasteiger charge is -2.37. The lowest BCUT2D eigenvalue weighted by molar-refractivity contribution is -0.135. The molecule has 21 heavy (non-hydrogen) atoms. The molecule has 3 rings (SSSR count). The zero-order valence-electron chi connectivity index (χ0n) is 13.2. The smallest absolute Gasteiger partial charge is 0.231 e. The molecule has 1 unspecified atom stereocenters. The van der Waals surface area contributed by atoms with Crippen LogP contribution in [0.25, 0.3) is 0 Å². The maximum Gasteiger partial charge on any atom is 0.231 e. The minimum atomic E-state index is 0.0198. The lowest BCUT2D eigenvalue weighted by Crippen LogP contribution is -2.40. The second-order valence-corrected chi connectivity index (χ2v) is 7.15. The van der Waals surface area contributed by atoms with E-state index < -0.39 is 0 Å². The molecule has 2 aliphatic rings. The molecule has 0 aromatic heterocycles. The van der Waals surface area contributed by atoms with Gasteiger partial charge in [0.1, 0.15) is 0 Å². The van der Waals surface area contributed by atoms with Gasteiger partial charge in [0.2, 0.25) is 12.7 Å². The molecule has 0 spiro atoms. The van der Waals surface area contributed by atoms with Gasteiger partial charge in [0.15, 0.2) is 11.5 Å². The van der Waals surface area contributed by atoms with Gasteiger partial charge >= 0.3 is 0 Å². The molecular formula is C17H23NO3. The average molecular weight is 289 g/mol. The molecule has 1 amide bonds. The summed E-state index contributed by atoms with van der Waals surface area (Å²) in [5.41, 5.74) is 2.48. The summed E-state index contributed by atoms with van der Waals surface area (Å²) in [6.07, 6.45) is 1.46. The Labute approximate surface area is 126 Å². The number of ether oxygens (including phenoxy) is 2. The largest absolute Gasteiger partial charge is 0.454 e. The van der Waals surface area contributed by atoms with Crippen LogP contribution in [0.4, 0.5) is 0 Å². The second kappa shape index (κ2) is 4.93. The van der Waals surface area contributed by atoms with Crippen molar-refractivity contribution < 1.29 is 14.3 Å². The first kappa shape index (κ1) is 14.2. The molecular weight excluding hydrogens is 266 g/mol. The van der Waals surface area contributed by atoms with Crippen molar-refractivity contribution in [3.8, 4) is 11.5 Å². The van der Waals surface area contributed by atoms with Gasteiger partial charge in [0.05, 0.1) is 6.04 Å². The van der Waals surface area contributed by atoms with E-state index >= 15 is 0 Å².